The minimum atomic E-state index is -1.80. The molecule has 1 aliphatic rings. The molecule has 0 unspecified atom stereocenters. The summed E-state index contributed by atoms with van der Waals surface area (Å²) < 4.78 is 4.52. The van der Waals surface area contributed by atoms with E-state index in [1.165, 1.54) is 6.08 Å². The van der Waals surface area contributed by atoms with E-state index < -0.39 is 17.9 Å². The molecular weight excluding hydrogens is 160 g/mol. The third kappa shape index (κ3) is 1.65. The van der Waals surface area contributed by atoms with Crippen molar-refractivity contribution >= 4 is 5.97 Å². The summed E-state index contributed by atoms with van der Waals surface area (Å²) in [5.41, 5.74) is 0. The van der Waals surface area contributed by atoms with Crippen LogP contribution in [0.5, 0.6) is 0 Å². The second-order valence-corrected chi connectivity index (χ2v) is 2.81. The SMILES string of the molecule is CCC[C@H](O)[C@]1(O)C=CC(=O)O1. The number of aliphatic hydroxyl groups excluding tert-OH is 1. The molecule has 0 aromatic heterocycles. The van der Waals surface area contributed by atoms with E-state index in [9.17, 15) is 15.0 Å². The van der Waals surface area contributed by atoms with Crippen LogP contribution < -0.4 is 0 Å². The van der Waals surface area contributed by atoms with Crippen molar-refractivity contribution in [2.24, 2.45) is 0 Å². The molecule has 2 atom stereocenters. The summed E-state index contributed by atoms with van der Waals surface area (Å²) >= 11 is 0. The second kappa shape index (κ2) is 3.25. The Morgan fingerprint density at radius 3 is 2.83 bits per heavy atom. The fraction of sp³-hybridized carbons (Fsp3) is 0.625. The van der Waals surface area contributed by atoms with E-state index >= 15 is 0 Å². The number of hydrogen-bond acceptors (Lipinski definition) is 4. The molecule has 2 N–H and O–H groups in total. The second-order valence-electron chi connectivity index (χ2n) is 2.81. The van der Waals surface area contributed by atoms with Gasteiger partial charge in [0.2, 0.25) is 0 Å². The smallest absolute Gasteiger partial charge is 0.333 e. The first-order valence-electron chi connectivity index (χ1n) is 3.91. The van der Waals surface area contributed by atoms with Gasteiger partial charge in [0.25, 0.3) is 5.79 Å². The summed E-state index contributed by atoms with van der Waals surface area (Å²) in [6, 6.07) is 0. The quantitative estimate of drug-likeness (QED) is 0.586. The van der Waals surface area contributed by atoms with Crippen molar-refractivity contribution in [2.45, 2.75) is 31.7 Å². The molecule has 0 spiro atoms. The highest BCUT2D eigenvalue weighted by molar-refractivity contribution is 5.84. The first-order valence-corrected chi connectivity index (χ1v) is 3.91. The lowest BCUT2D eigenvalue weighted by Gasteiger charge is -2.25. The normalized spacial score (nSPS) is 30.4. The van der Waals surface area contributed by atoms with Gasteiger partial charge in [-0.25, -0.2) is 4.79 Å². The van der Waals surface area contributed by atoms with Crippen molar-refractivity contribution in [3.8, 4) is 0 Å². The number of cyclic esters (lactones) is 1. The van der Waals surface area contributed by atoms with Crippen molar-refractivity contribution in [1.82, 2.24) is 0 Å². The molecule has 1 aliphatic heterocycles. The molecule has 0 saturated carbocycles. The summed E-state index contributed by atoms with van der Waals surface area (Å²) in [6.07, 6.45) is 2.36. The maximum Gasteiger partial charge on any atom is 0.333 e. The molecule has 0 aliphatic carbocycles. The summed E-state index contributed by atoms with van der Waals surface area (Å²) in [6.45, 7) is 1.87. The van der Waals surface area contributed by atoms with Gasteiger partial charge in [-0.05, 0) is 12.5 Å². The Labute approximate surface area is 70.5 Å². The van der Waals surface area contributed by atoms with Crippen LogP contribution in [-0.2, 0) is 9.53 Å². The number of carbonyl (C=O) groups excluding carboxylic acids is 1. The van der Waals surface area contributed by atoms with Crippen molar-refractivity contribution in [2.75, 3.05) is 0 Å². The lowest BCUT2D eigenvalue weighted by atomic mass is 10.1. The van der Waals surface area contributed by atoms with Crippen LogP contribution in [-0.4, -0.2) is 28.1 Å². The number of carbonyl (C=O) groups is 1. The third-order valence-electron chi connectivity index (χ3n) is 1.76. The number of rotatable bonds is 3. The highest BCUT2D eigenvalue weighted by atomic mass is 16.7. The molecule has 0 bridgehead atoms. The molecule has 0 aromatic rings. The molecule has 12 heavy (non-hydrogen) atoms. The zero-order valence-electron chi connectivity index (χ0n) is 6.86. The zero-order valence-corrected chi connectivity index (χ0v) is 6.86. The highest BCUT2D eigenvalue weighted by Gasteiger charge is 2.40. The summed E-state index contributed by atoms with van der Waals surface area (Å²) in [7, 11) is 0. The van der Waals surface area contributed by atoms with E-state index in [4.69, 9.17) is 0 Å². The molecule has 0 radical (unpaired) electrons. The van der Waals surface area contributed by atoms with E-state index in [0.29, 0.717) is 6.42 Å². The largest absolute Gasteiger partial charge is 0.423 e. The molecule has 0 aromatic carbocycles. The average Bonchev–Trinajstić information content (AvgIpc) is 2.33. The Hall–Kier alpha value is -0.870. The fourth-order valence-corrected chi connectivity index (χ4v) is 1.08. The van der Waals surface area contributed by atoms with Crippen LogP contribution >= 0.6 is 0 Å². The number of aliphatic hydroxyl groups is 2. The predicted octanol–water partition coefficient (Wildman–Crippen LogP) is -0.0510. The molecule has 4 nitrogen and oxygen atoms in total. The summed E-state index contributed by atoms with van der Waals surface area (Å²) in [5.74, 6) is -2.42. The van der Waals surface area contributed by atoms with E-state index in [1.807, 2.05) is 6.92 Å². The molecular formula is C8H12O4. The molecule has 1 heterocycles. The number of hydrogen-bond donors (Lipinski definition) is 2. The van der Waals surface area contributed by atoms with Crippen LogP contribution in [0.2, 0.25) is 0 Å². The third-order valence-corrected chi connectivity index (χ3v) is 1.76. The van der Waals surface area contributed by atoms with E-state index in [0.717, 1.165) is 12.5 Å². The number of esters is 1. The van der Waals surface area contributed by atoms with Gasteiger partial charge in [0.1, 0.15) is 6.10 Å². The fourth-order valence-electron chi connectivity index (χ4n) is 1.08. The molecule has 4 heteroatoms. The molecule has 1 rings (SSSR count). The van der Waals surface area contributed by atoms with Gasteiger partial charge in [0.05, 0.1) is 0 Å². The Morgan fingerprint density at radius 2 is 2.42 bits per heavy atom. The van der Waals surface area contributed by atoms with Gasteiger partial charge in [0, 0.05) is 6.08 Å². The van der Waals surface area contributed by atoms with Crippen molar-refractivity contribution in [3.63, 3.8) is 0 Å². The Kier molecular flexibility index (Phi) is 2.49. The summed E-state index contributed by atoms with van der Waals surface area (Å²) in [5, 5.41) is 18.8. The standard InChI is InChI=1S/C8H12O4/c1-2-3-6(9)8(11)5-4-7(10)12-8/h4-6,9,11H,2-3H2,1H3/t6-,8-/m0/s1. The number of ether oxygens (including phenoxy) is 1. The zero-order chi connectivity index (χ0) is 9.19. The minimum absolute atomic E-state index is 0.397. The highest BCUT2D eigenvalue weighted by Crippen LogP contribution is 2.23. The van der Waals surface area contributed by atoms with Gasteiger partial charge in [-0.3, -0.25) is 0 Å². The van der Waals surface area contributed by atoms with Crippen LogP contribution in [0.3, 0.4) is 0 Å². The van der Waals surface area contributed by atoms with Gasteiger partial charge in [-0.1, -0.05) is 13.3 Å². The molecule has 0 fully saturated rings. The van der Waals surface area contributed by atoms with Crippen molar-refractivity contribution < 1.29 is 19.7 Å². The lowest BCUT2D eigenvalue weighted by molar-refractivity contribution is -0.212. The van der Waals surface area contributed by atoms with E-state index in [1.54, 1.807) is 0 Å². The van der Waals surface area contributed by atoms with Crippen LogP contribution in [0.4, 0.5) is 0 Å². The van der Waals surface area contributed by atoms with Gasteiger partial charge in [0.15, 0.2) is 0 Å². The van der Waals surface area contributed by atoms with Gasteiger partial charge in [-0.2, -0.15) is 0 Å². The van der Waals surface area contributed by atoms with E-state index in [2.05, 4.69) is 4.74 Å². The Bertz CT molecular complexity index is 211. The molecule has 0 saturated heterocycles. The average molecular weight is 172 g/mol. The maximum atomic E-state index is 10.6. The Morgan fingerprint density at radius 1 is 1.75 bits per heavy atom. The van der Waals surface area contributed by atoms with Crippen LogP contribution in [0.25, 0.3) is 0 Å². The maximum absolute atomic E-state index is 10.6. The minimum Gasteiger partial charge on any atom is -0.423 e. The predicted molar refractivity (Wildman–Crippen MR) is 41.1 cm³/mol. The van der Waals surface area contributed by atoms with E-state index in [-0.39, 0.29) is 0 Å². The van der Waals surface area contributed by atoms with Crippen molar-refractivity contribution in [1.29, 1.82) is 0 Å². The van der Waals surface area contributed by atoms with Crippen LogP contribution in [0, 0.1) is 0 Å². The summed E-state index contributed by atoms with van der Waals surface area (Å²) in [4.78, 5) is 10.6. The van der Waals surface area contributed by atoms with Crippen LogP contribution in [0.15, 0.2) is 12.2 Å². The first kappa shape index (κ1) is 9.22. The first-order chi connectivity index (χ1) is 5.58. The monoisotopic (exact) mass is 172 g/mol. The molecule has 0 amide bonds. The molecule has 68 valence electrons. The van der Waals surface area contributed by atoms with Gasteiger partial charge >= 0.3 is 5.97 Å². The topological polar surface area (TPSA) is 66.8 Å². The Balaban J connectivity index is 2.61. The van der Waals surface area contributed by atoms with Crippen molar-refractivity contribution in [3.05, 3.63) is 12.2 Å². The van der Waals surface area contributed by atoms with Gasteiger partial charge in [-0.15, -0.1) is 0 Å². The van der Waals surface area contributed by atoms with Gasteiger partial charge < -0.3 is 14.9 Å². The van der Waals surface area contributed by atoms with Crippen LogP contribution in [0.1, 0.15) is 19.8 Å². The lowest BCUT2D eigenvalue weighted by Crippen LogP contribution is -2.41.